The normalized spacial score (nSPS) is 17.0. The van der Waals surface area contributed by atoms with Crippen LogP contribution in [0.1, 0.15) is 159 Å². The molecule has 56 heavy (non-hydrogen) atoms. The molecule has 0 radical (unpaired) electrons. The van der Waals surface area contributed by atoms with E-state index in [1.165, 1.54) is 102 Å². The molecule has 0 aliphatic carbocycles. The molecule has 3 N–H and O–H groups in total. The molecule has 0 amide bonds. The van der Waals surface area contributed by atoms with Gasteiger partial charge in [0.05, 0.1) is 43.8 Å². The molecule has 2 aromatic heterocycles. The van der Waals surface area contributed by atoms with Crippen LogP contribution >= 0.6 is 7.82 Å². The highest BCUT2D eigenvalue weighted by Crippen LogP contribution is 2.45. The van der Waals surface area contributed by atoms with Crippen molar-refractivity contribution in [2.24, 2.45) is 0 Å². The lowest BCUT2D eigenvalue weighted by molar-refractivity contribution is -0.0535. The Hall–Kier alpha value is -2.95. The number of nitrogens with two attached hydrogens (primary N) is 1. The summed E-state index contributed by atoms with van der Waals surface area (Å²) >= 11 is 0. The number of benzene rings is 1. The molecule has 1 fully saturated rings. The Morgan fingerprint density at radius 1 is 0.946 bits per heavy atom. The average molecular weight is 804 g/mol. The van der Waals surface area contributed by atoms with Gasteiger partial charge in [-0.2, -0.15) is 10.4 Å². The fourth-order valence-electron chi connectivity index (χ4n) is 6.75. The van der Waals surface area contributed by atoms with E-state index in [0.29, 0.717) is 30.8 Å². The molecule has 1 saturated heterocycles. The standard InChI is InChI=1S/C40H61FN5O7P.C2H6/c1-2-3-4-5-6-7-8-9-10-11-12-13-14-15-16-17-25-49-28-35(50-27-33-20-18-19-32(26-42)39(33)41)30-52-54(47,48)51-29-34-21-24-38(53-34)36-22-23-37-40(43)44-31-45-46(36)37;1-2/h18-20,22-23,31,34-35,38H,2-17,21,24-25,27-30H2,1H3,(H,47,48)(H2,43,44,45);1-2H3. The maximum Gasteiger partial charge on any atom is 0.472 e. The summed E-state index contributed by atoms with van der Waals surface area (Å²) in [5, 5.41) is 13.5. The molecule has 1 aliphatic heterocycles. The summed E-state index contributed by atoms with van der Waals surface area (Å²) in [7, 11) is -4.50. The van der Waals surface area contributed by atoms with Gasteiger partial charge in [0.1, 0.15) is 35.9 Å². The first-order valence-electron chi connectivity index (χ1n) is 21.0. The summed E-state index contributed by atoms with van der Waals surface area (Å²) in [6.07, 6.45) is 21.7. The second-order valence-electron chi connectivity index (χ2n) is 14.3. The summed E-state index contributed by atoms with van der Waals surface area (Å²) in [5.74, 6) is -0.301. The SMILES string of the molecule is CC.CCCCCCCCCCCCCCCCCCOCC(COP(=O)(O)OCC1CCC(c2ccc3c(N)ncnn23)O1)OCc1cccc(C#N)c1F. The van der Waals surface area contributed by atoms with Crippen LogP contribution in [0.4, 0.5) is 10.2 Å². The summed E-state index contributed by atoms with van der Waals surface area (Å²) < 4.78 is 57.7. The van der Waals surface area contributed by atoms with Crippen LogP contribution in [0.2, 0.25) is 0 Å². The van der Waals surface area contributed by atoms with E-state index in [1.54, 1.807) is 10.6 Å². The number of fused-ring (bicyclic) bond motifs is 1. The van der Waals surface area contributed by atoms with Crippen LogP contribution in [0.5, 0.6) is 0 Å². The van der Waals surface area contributed by atoms with Crippen molar-refractivity contribution in [1.82, 2.24) is 14.6 Å². The molecule has 0 saturated carbocycles. The highest BCUT2D eigenvalue weighted by Gasteiger charge is 2.32. The number of nitriles is 1. The quantitative estimate of drug-likeness (QED) is 0.0507. The molecule has 314 valence electrons. The predicted octanol–water partition coefficient (Wildman–Crippen LogP) is 10.6. The molecule has 4 atom stereocenters. The van der Waals surface area contributed by atoms with Gasteiger partial charge in [0.25, 0.3) is 0 Å². The number of ether oxygens (including phenoxy) is 3. The van der Waals surface area contributed by atoms with Crippen LogP contribution in [0.25, 0.3) is 5.52 Å². The number of nitrogen functional groups attached to an aromatic ring is 1. The lowest BCUT2D eigenvalue weighted by atomic mass is 10.0. The fraction of sp³-hybridized carbons (Fsp3) is 0.690. The van der Waals surface area contributed by atoms with Crippen LogP contribution in [-0.2, 0) is 34.4 Å². The lowest BCUT2D eigenvalue weighted by Crippen LogP contribution is -2.26. The fourth-order valence-corrected chi connectivity index (χ4v) is 7.54. The third kappa shape index (κ3) is 17.3. The van der Waals surface area contributed by atoms with E-state index in [4.69, 9.17) is 29.0 Å². The third-order valence-corrected chi connectivity index (χ3v) is 10.9. The van der Waals surface area contributed by atoms with Crippen LogP contribution in [0.3, 0.4) is 0 Å². The molecule has 4 rings (SSSR count). The van der Waals surface area contributed by atoms with Gasteiger partial charge < -0.3 is 24.8 Å². The minimum absolute atomic E-state index is 0.0745. The van der Waals surface area contributed by atoms with E-state index >= 15 is 0 Å². The number of nitrogens with zero attached hydrogens (tertiary/aromatic N) is 4. The number of anilines is 1. The van der Waals surface area contributed by atoms with Crippen LogP contribution in [0.15, 0.2) is 36.7 Å². The van der Waals surface area contributed by atoms with E-state index in [1.807, 2.05) is 32.0 Å². The zero-order chi connectivity index (χ0) is 40.4. The number of phosphoric ester groups is 1. The summed E-state index contributed by atoms with van der Waals surface area (Å²) in [4.78, 5) is 14.5. The van der Waals surface area contributed by atoms with Crippen LogP contribution < -0.4 is 5.73 Å². The molecule has 3 aromatic rings. The molecule has 0 bridgehead atoms. The highest BCUT2D eigenvalue weighted by atomic mass is 31.2. The van der Waals surface area contributed by atoms with Gasteiger partial charge in [-0.05, 0) is 37.5 Å². The number of phosphoric acid groups is 1. The van der Waals surface area contributed by atoms with Crippen molar-refractivity contribution < 1.29 is 37.1 Å². The van der Waals surface area contributed by atoms with Gasteiger partial charge in [-0.25, -0.2) is 18.5 Å². The average Bonchev–Trinajstić information content (AvgIpc) is 3.87. The van der Waals surface area contributed by atoms with Crippen molar-refractivity contribution in [2.75, 3.05) is 32.2 Å². The Morgan fingerprint density at radius 3 is 2.23 bits per heavy atom. The van der Waals surface area contributed by atoms with E-state index < -0.39 is 25.8 Å². The second kappa shape index (κ2) is 27.6. The Labute approximate surface area is 334 Å². The number of rotatable bonds is 29. The van der Waals surface area contributed by atoms with Crippen molar-refractivity contribution >= 4 is 19.2 Å². The molecule has 4 unspecified atom stereocenters. The van der Waals surface area contributed by atoms with Gasteiger partial charge in [0, 0.05) is 12.2 Å². The van der Waals surface area contributed by atoms with E-state index in [-0.39, 0.29) is 43.7 Å². The first-order valence-corrected chi connectivity index (χ1v) is 22.5. The van der Waals surface area contributed by atoms with Gasteiger partial charge >= 0.3 is 7.82 Å². The Bertz CT molecular complexity index is 1610. The molecular weight excluding hydrogens is 736 g/mol. The number of hydrogen-bond donors (Lipinski definition) is 2. The molecular formula is C42H67FN5O7P. The van der Waals surface area contributed by atoms with Gasteiger partial charge in [0.15, 0.2) is 5.82 Å². The predicted molar refractivity (Wildman–Crippen MR) is 217 cm³/mol. The Balaban J connectivity index is 0.00000414. The first kappa shape index (κ1) is 47.4. The molecule has 0 spiro atoms. The smallest absolute Gasteiger partial charge is 0.382 e. The molecule has 1 aliphatic rings. The topological polar surface area (TPSA) is 163 Å². The Kier molecular flexibility index (Phi) is 23.4. The van der Waals surface area contributed by atoms with E-state index in [2.05, 4.69) is 17.0 Å². The first-order chi connectivity index (χ1) is 27.3. The molecule has 1 aromatic carbocycles. The van der Waals surface area contributed by atoms with Crippen LogP contribution in [-0.4, -0.2) is 58.1 Å². The zero-order valence-corrected chi connectivity index (χ0v) is 34.9. The van der Waals surface area contributed by atoms with Gasteiger partial charge in [-0.3, -0.25) is 9.05 Å². The number of unbranched alkanes of at least 4 members (excludes halogenated alkanes) is 15. The van der Waals surface area contributed by atoms with Crippen molar-refractivity contribution in [1.29, 1.82) is 5.26 Å². The zero-order valence-electron chi connectivity index (χ0n) is 34.0. The monoisotopic (exact) mass is 803 g/mol. The van der Waals surface area contributed by atoms with Crippen molar-refractivity contribution in [2.45, 2.75) is 161 Å². The molecule has 14 heteroatoms. The summed E-state index contributed by atoms with van der Waals surface area (Å²) in [6, 6.07) is 10.0. The maximum absolute atomic E-state index is 14.7. The minimum Gasteiger partial charge on any atom is -0.382 e. The van der Waals surface area contributed by atoms with Gasteiger partial charge in [0.2, 0.25) is 0 Å². The summed E-state index contributed by atoms with van der Waals surface area (Å²) in [6.45, 7) is 6.19. The third-order valence-electron chi connectivity index (χ3n) is 9.92. The van der Waals surface area contributed by atoms with Crippen molar-refractivity contribution in [3.05, 3.63) is 59.3 Å². The van der Waals surface area contributed by atoms with Crippen molar-refractivity contribution in [3.63, 3.8) is 0 Å². The minimum atomic E-state index is -4.50. The molecule has 12 nitrogen and oxygen atoms in total. The highest BCUT2D eigenvalue weighted by molar-refractivity contribution is 7.47. The second-order valence-corrected chi connectivity index (χ2v) is 15.7. The van der Waals surface area contributed by atoms with E-state index in [0.717, 1.165) is 25.0 Å². The van der Waals surface area contributed by atoms with Crippen molar-refractivity contribution in [3.8, 4) is 6.07 Å². The largest absolute Gasteiger partial charge is 0.472 e. The van der Waals surface area contributed by atoms with Crippen LogP contribution in [0, 0.1) is 17.1 Å². The van der Waals surface area contributed by atoms with Gasteiger partial charge in [-0.15, -0.1) is 0 Å². The number of hydrogen-bond acceptors (Lipinski definition) is 10. The van der Waals surface area contributed by atoms with Gasteiger partial charge in [-0.1, -0.05) is 129 Å². The van der Waals surface area contributed by atoms with E-state index in [9.17, 15) is 19.1 Å². The maximum atomic E-state index is 14.7. The lowest BCUT2D eigenvalue weighted by Gasteiger charge is -2.21. The summed E-state index contributed by atoms with van der Waals surface area (Å²) in [5.41, 5.74) is 7.54. The number of halogens is 1. The molecule has 3 heterocycles. The number of aromatic nitrogens is 3. The Morgan fingerprint density at radius 2 is 1.59 bits per heavy atom.